The van der Waals surface area contributed by atoms with Crippen LogP contribution in [-0.4, -0.2) is 31.8 Å². The van der Waals surface area contributed by atoms with Gasteiger partial charge in [0.05, 0.1) is 0 Å². The summed E-state index contributed by atoms with van der Waals surface area (Å²) < 4.78 is 0. The Balaban J connectivity index is 2.23. The van der Waals surface area contributed by atoms with E-state index in [9.17, 15) is 9.59 Å². The summed E-state index contributed by atoms with van der Waals surface area (Å²) in [6.07, 6.45) is 2.93. The van der Waals surface area contributed by atoms with E-state index in [0.717, 1.165) is 36.2 Å². The summed E-state index contributed by atoms with van der Waals surface area (Å²) in [7, 11) is 1.84. The summed E-state index contributed by atoms with van der Waals surface area (Å²) in [5.74, 6) is 0.307. The van der Waals surface area contributed by atoms with E-state index in [-0.39, 0.29) is 11.7 Å². The van der Waals surface area contributed by atoms with Crippen LogP contribution in [-0.2, 0) is 11.2 Å². The van der Waals surface area contributed by atoms with E-state index >= 15 is 0 Å². The Morgan fingerprint density at radius 2 is 2.15 bits per heavy atom. The third-order valence-electron chi connectivity index (χ3n) is 3.73. The molecule has 1 aliphatic heterocycles. The molecule has 1 heterocycles. The summed E-state index contributed by atoms with van der Waals surface area (Å²) in [5, 5.41) is 2.99. The molecule has 4 heteroatoms. The highest BCUT2D eigenvalue weighted by Gasteiger charge is 2.22. The number of Topliss-reactive ketones (excluding diaryl/α,β-unsaturated/α-hetero) is 1. The van der Waals surface area contributed by atoms with Crippen LogP contribution >= 0.6 is 0 Å². The number of nitrogens with zero attached hydrogens (tertiary/aromatic N) is 1. The number of fused-ring (bicyclic) bond motifs is 1. The minimum Gasteiger partial charge on any atom is -0.319 e. The molecule has 0 atom stereocenters. The first-order chi connectivity index (χ1) is 9.67. The van der Waals surface area contributed by atoms with Gasteiger partial charge in [-0.3, -0.25) is 9.59 Å². The summed E-state index contributed by atoms with van der Waals surface area (Å²) in [6, 6.07) is 5.73. The molecule has 1 N–H and O–H groups in total. The topological polar surface area (TPSA) is 49.4 Å². The van der Waals surface area contributed by atoms with E-state index in [2.05, 4.69) is 5.32 Å². The summed E-state index contributed by atoms with van der Waals surface area (Å²) in [4.78, 5) is 25.8. The molecule has 108 valence electrons. The highest BCUT2D eigenvalue weighted by atomic mass is 16.2. The van der Waals surface area contributed by atoms with Gasteiger partial charge in [-0.1, -0.05) is 6.92 Å². The predicted molar refractivity (Wildman–Crippen MR) is 80.3 cm³/mol. The van der Waals surface area contributed by atoms with E-state index in [1.54, 1.807) is 0 Å². The zero-order valence-electron chi connectivity index (χ0n) is 12.2. The van der Waals surface area contributed by atoms with Gasteiger partial charge in [-0.2, -0.15) is 0 Å². The summed E-state index contributed by atoms with van der Waals surface area (Å²) >= 11 is 0. The quantitative estimate of drug-likeness (QED) is 0.837. The number of ketones is 1. The van der Waals surface area contributed by atoms with Crippen LogP contribution in [0.4, 0.5) is 5.69 Å². The fraction of sp³-hybridized carbons (Fsp3) is 0.500. The molecule has 1 aliphatic rings. The molecule has 20 heavy (non-hydrogen) atoms. The van der Waals surface area contributed by atoms with Gasteiger partial charge in [0, 0.05) is 37.2 Å². The van der Waals surface area contributed by atoms with Gasteiger partial charge in [0.2, 0.25) is 5.91 Å². The van der Waals surface area contributed by atoms with Gasteiger partial charge in [-0.05, 0) is 43.7 Å². The van der Waals surface area contributed by atoms with Gasteiger partial charge in [-0.25, -0.2) is 0 Å². The first-order valence-corrected chi connectivity index (χ1v) is 7.28. The fourth-order valence-corrected chi connectivity index (χ4v) is 2.60. The van der Waals surface area contributed by atoms with Crippen molar-refractivity contribution in [1.29, 1.82) is 0 Å². The second kappa shape index (κ2) is 6.66. The van der Waals surface area contributed by atoms with E-state index in [0.29, 0.717) is 19.4 Å². The maximum Gasteiger partial charge on any atom is 0.226 e. The number of aryl methyl sites for hydroxylation is 1. The van der Waals surface area contributed by atoms with Crippen LogP contribution in [0.25, 0.3) is 0 Å². The Kier molecular flexibility index (Phi) is 4.90. The molecule has 1 amide bonds. The van der Waals surface area contributed by atoms with Crippen LogP contribution in [0.1, 0.15) is 42.1 Å². The number of rotatable bonds is 5. The third-order valence-corrected chi connectivity index (χ3v) is 3.73. The molecule has 2 rings (SSSR count). The van der Waals surface area contributed by atoms with Gasteiger partial charge < -0.3 is 10.2 Å². The average molecular weight is 274 g/mol. The Morgan fingerprint density at radius 3 is 2.85 bits per heavy atom. The fourth-order valence-electron chi connectivity index (χ4n) is 2.60. The lowest BCUT2D eigenvalue weighted by Crippen LogP contribution is -2.35. The van der Waals surface area contributed by atoms with E-state index < -0.39 is 0 Å². The van der Waals surface area contributed by atoms with E-state index in [4.69, 9.17) is 0 Å². The van der Waals surface area contributed by atoms with Gasteiger partial charge in [0.15, 0.2) is 5.78 Å². The number of hydrogen-bond acceptors (Lipinski definition) is 3. The van der Waals surface area contributed by atoms with Crippen LogP contribution in [0.2, 0.25) is 0 Å². The van der Waals surface area contributed by atoms with Crippen LogP contribution < -0.4 is 10.2 Å². The molecule has 0 radical (unpaired) electrons. The zero-order chi connectivity index (χ0) is 14.5. The standard InChI is InChI=1S/C16H22N2O2/c1-3-16(20)18-10-4-5-12-11-13(6-7-14(12)18)15(19)8-9-17-2/h6-7,11,17H,3-5,8-10H2,1-2H3. The van der Waals surface area contributed by atoms with Crippen LogP contribution in [0, 0.1) is 0 Å². The summed E-state index contributed by atoms with van der Waals surface area (Å²) in [6.45, 7) is 3.36. The number of amides is 1. The van der Waals surface area contributed by atoms with Crippen molar-refractivity contribution in [1.82, 2.24) is 5.32 Å². The molecule has 0 saturated heterocycles. The molecule has 0 fully saturated rings. The summed E-state index contributed by atoms with van der Waals surface area (Å²) in [5.41, 5.74) is 2.85. The number of nitrogens with one attached hydrogen (secondary N) is 1. The number of carbonyl (C=O) groups excluding carboxylic acids is 2. The lowest BCUT2D eigenvalue weighted by Gasteiger charge is -2.29. The van der Waals surface area contributed by atoms with Gasteiger partial charge >= 0.3 is 0 Å². The minimum atomic E-state index is 0.153. The lowest BCUT2D eigenvalue weighted by molar-refractivity contribution is -0.118. The molecule has 0 unspecified atom stereocenters. The van der Waals surface area contributed by atoms with Gasteiger partial charge in [-0.15, -0.1) is 0 Å². The largest absolute Gasteiger partial charge is 0.319 e. The van der Waals surface area contributed by atoms with Crippen molar-refractivity contribution in [2.24, 2.45) is 0 Å². The number of hydrogen-bond donors (Lipinski definition) is 1. The lowest BCUT2D eigenvalue weighted by atomic mass is 9.96. The third kappa shape index (κ3) is 3.07. The molecule has 0 spiro atoms. The maximum absolute atomic E-state index is 12.0. The van der Waals surface area contributed by atoms with Crippen LogP contribution in [0.5, 0.6) is 0 Å². The molecule has 0 aromatic heterocycles. The highest BCUT2D eigenvalue weighted by molar-refractivity contribution is 5.98. The molecular formula is C16H22N2O2. The van der Waals surface area contributed by atoms with Gasteiger partial charge in [0.1, 0.15) is 0 Å². The number of benzene rings is 1. The van der Waals surface area contributed by atoms with Crippen LogP contribution in [0.15, 0.2) is 18.2 Å². The van der Waals surface area contributed by atoms with Crippen molar-refractivity contribution >= 4 is 17.4 Å². The monoisotopic (exact) mass is 274 g/mol. The molecule has 0 bridgehead atoms. The van der Waals surface area contributed by atoms with Crippen molar-refractivity contribution in [2.75, 3.05) is 25.0 Å². The molecule has 0 saturated carbocycles. The number of carbonyl (C=O) groups is 2. The maximum atomic E-state index is 12.0. The van der Waals surface area contributed by atoms with Crippen molar-refractivity contribution < 1.29 is 9.59 Å². The van der Waals surface area contributed by atoms with Gasteiger partial charge in [0.25, 0.3) is 0 Å². The van der Waals surface area contributed by atoms with Crippen molar-refractivity contribution in [3.05, 3.63) is 29.3 Å². The molecule has 4 nitrogen and oxygen atoms in total. The van der Waals surface area contributed by atoms with Crippen molar-refractivity contribution in [3.63, 3.8) is 0 Å². The highest BCUT2D eigenvalue weighted by Crippen LogP contribution is 2.28. The second-order valence-electron chi connectivity index (χ2n) is 5.12. The van der Waals surface area contributed by atoms with E-state index in [1.165, 1.54) is 0 Å². The first-order valence-electron chi connectivity index (χ1n) is 7.28. The SMILES string of the molecule is CCC(=O)N1CCCc2cc(C(=O)CCNC)ccc21. The second-order valence-corrected chi connectivity index (χ2v) is 5.12. The Morgan fingerprint density at radius 1 is 1.35 bits per heavy atom. The molecular weight excluding hydrogens is 252 g/mol. The smallest absolute Gasteiger partial charge is 0.226 e. The Bertz CT molecular complexity index is 511. The molecule has 0 aliphatic carbocycles. The van der Waals surface area contributed by atoms with E-state index in [1.807, 2.05) is 37.1 Å². The number of anilines is 1. The van der Waals surface area contributed by atoms with Crippen LogP contribution in [0.3, 0.4) is 0 Å². The molecule has 1 aromatic carbocycles. The van der Waals surface area contributed by atoms with Crippen molar-refractivity contribution in [2.45, 2.75) is 32.6 Å². The average Bonchev–Trinajstić information content (AvgIpc) is 2.50. The first kappa shape index (κ1) is 14.7. The predicted octanol–water partition coefficient (Wildman–Crippen LogP) is 2.17. The normalized spacial score (nSPS) is 14.0. The Labute approximate surface area is 120 Å². The van der Waals surface area contributed by atoms with Crippen molar-refractivity contribution in [3.8, 4) is 0 Å². The minimum absolute atomic E-state index is 0.153. The molecule has 1 aromatic rings. The Hall–Kier alpha value is -1.68. The zero-order valence-corrected chi connectivity index (χ0v) is 12.2.